The summed E-state index contributed by atoms with van der Waals surface area (Å²) >= 11 is 0. The van der Waals surface area contributed by atoms with Crippen molar-refractivity contribution < 1.29 is 0 Å². The van der Waals surface area contributed by atoms with Gasteiger partial charge in [-0.3, -0.25) is 4.98 Å². The molecule has 2 heterocycles. The zero-order chi connectivity index (χ0) is 42.9. The van der Waals surface area contributed by atoms with Gasteiger partial charge in [-0.15, -0.1) is 0 Å². The molecule has 0 bridgehead atoms. The summed E-state index contributed by atoms with van der Waals surface area (Å²) in [7, 11) is 0. The highest BCUT2D eigenvalue weighted by atomic mass is 14.9. The molecule has 1 spiro atoms. The summed E-state index contributed by atoms with van der Waals surface area (Å²) in [6, 6.07) is 81.6. The van der Waals surface area contributed by atoms with Crippen LogP contribution in [-0.4, -0.2) is 15.0 Å². The molecule has 0 atom stereocenters. The quantitative estimate of drug-likeness (QED) is 0.173. The van der Waals surface area contributed by atoms with Gasteiger partial charge in [0.25, 0.3) is 0 Å². The van der Waals surface area contributed by atoms with E-state index in [2.05, 4.69) is 223 Å². The molecule has 2 aromatic heterocycles. The highest BCUT2D eigenvalue weighted by Gasteiger charge is 2.49. The molecule has 302 valence electrons. The molecule has 0 fully saturated rings. The van der Waals surface area contributed by atoms with Crippen LogP contribution in [0.1, 0.15) is 22.3 Å². The van der Waals surface area contributed by atoms with Crippen molar-refractivity contribution in [2.24, 2.45) is 0 Å². The molecule has 0 radical (unpaired) electrons. The molecule has 3 nitrogen and oxygen atoms in total. The monoisotopic (exact) mass is 825 g/mol. The summed E-state index contributed by atoms with van der Waals surface area (Å²) in [6.07, 6.45) is 3.71. The van der Waals surface area contributed by atoms with E-state index in [1.807, 2.05) is 18.5 Å². The first kappa shape index (κ1) is 37.1. The Kier molecular flexibility index (Phi) is 8.44. The maximum Gasteiger partial charge on any atom is 0.160 e. The Morgan fingerprint density at radius 2 is 0.785 bits per heavy atom. The van der Waals surface area contributed by atoms with Crippen LogP contribution < -0.4 is 0 Å². The first-order valence-electron chi connectivity index (χ1n) is 22.2. The van der Waals surface area contributed by atoms with Crippen LogP contribution in [0.25, 0.3) is 100 Å². The van der Waals surface area contributed by atoms with E-state index in [0.29, 0.717) is 5.82 Å². The van der Waals surface area contributed by atoms with Crippen LogP contribution in [0.5, 0.6) is 0 Å². The molecule has 65 heavy (non-hydrogen) atoms. The van der Waals surface area contributed by atoms with E-state index < -0.39 is 5.41 Å². The van der Waals surface area contributed by atoms with Crippen LogP contribution in [0.3, 0.4) is 0 Å². The molecule has 13 rings (SSSR count). The molecule has 2 aliphatic rings. The highest BCUT2D eigenvalue weighted by molar-refractivity contribution is 5.99. The van der Waals surface area contributed by atoms with E-state index >= 15 is 0 Å². The third-order valence-electron chi connectivity index (χ3n) is 13.7. The first-order chi connectivity index (χ1) is 32.2. The summed E-state index contributed by atoms with van der Waals surface area (Å²) in [6.45, 7) is 0. The molecule has 11 aromatic rings. The second-order valence-corrected chi connectivity index (χ2v) is 17.1. The summed E-state index contributed by atoms with van der Waals surface area (Å²) < 4.78 is 0. The minimum Gasteiger partial charge on any atom is -0.264 e. The van der Waals surface area contributed by atoms with Gasteiger partial charge in [0.15, 0.2) is 5.82 Å². The Morgan fingerprint density at radius 1 is 0.292 bits per heavy atom. The molecule has 0 aliphatic heterocycles. The van der Waals surface area contributed by atoms with Crippen molar-refractivity contribution in [3.8, 4) is 89.5 Å². The molecule has 0 N–H and O–H groups in total. The number of hydrogen-bond acceptors (Lipinski definition) is 3. The highest BCUT2D eigenvalue weighted by Crippen LogP contribution is 2.61. The van der Waals surface area contributed by atoms with Crippen LogP contribution in [0.4, 0.5) is 0 Å². The number of nitrogens with zero attached hydrogens (tertiary/aromatic N) is 3. The van der Waals surface area contributed by atoms with Crippen molar-refractivity contribution in [2.45, 2.75) is 5.41 Å². The third kappa shape index (κ3) is 5.79. The maximum absolute atomic E-state index is 5.43. The van der Waals surface area contributed by atoms with E-state index in [1.54, 1.807) is 0 Å². The number of hydrogen-bond donors (Lipinski definition) is 0. The lowest BCUT2D eigenvalue weighted by Crippen LogP contribution is -2.29. The molecule has 0 saturated heterocycles. The molecular weight excluding hydrogens is 787 g/mol. The van der Waals surface area contributed by atoms with Crippen molar-refractivity contribution in [1.82, 2.24) is 15.0 Å². The zero-order valence-electron chi connectivity index (χ0n) is 35.4. The van der Waals surface area contributed by atoms with Gasteiger partial charge >= 0.3 is 0 Å². The first-order valence-corrected chi connectivity index (χ1v) is 22.2. The molecule has 2 aliphatic carbocycles. The summed E-state index contributed by atoms with van der Waals surface area (Å²) in [5.41, 5.74) is 21.4. The van der Waals surface area contributed by atoms with E-state index in [-0.39, 0.29) is 0 Å². The fourth-order valence-corrected chi connectivity index (χ4v) is 10.7. The Bertz CT molecular complexity index is 3590. The van der Waals surface area contributed by atoms with E-state index in [0.717, 1.165) is 44.8 Å². The largest absolute Gasteiger partial charge is 0.264 e. The van der Waals surface area contributed by atoms with Gasteiger partial charge in [-0.25, -0.2) is 9.97 Å². The van der Waals surface area contributed by atoms with E-state index in [4.69, 9.17) is 9.97 Å². The Morgan fingerprint density at radius 3 is 1.46 bits per heavy atom. The van der Waals surface area contributed by atoms with Gasteiger partial charge in [0.05, 0.1) is 16.8 Å². The number of pyridine rings is 1. The Labute approximate surface area is 378 Å². The fraction of sp³-hybridized carbons (Fsp3) is 0.0161. The topological polar surface area (TPSA) is 38.7 Å². The number of benzene rings is 9. The van der Waals surface area contributed by atoms with Crippen LogP contribution >= 0.6 is 0 Å². The smallest absolute Gasteiger partial charge is 0.160 e. The van der Waals surface area contributed by atoms with Crippen LogP contribution in [-0.2, 0) is 5.41 Å². The minimum atomic E-state index is -0.541. The van der Waals surface area contributed by atoms with Crippen molar-refractivity contribution in [3.05, 3.63) is 259 Å². The molecule has 0 unspecified atom stereocenters. The SMILES string of the molecule is c1cncc(-c2ccc(-c3cc(-c4ccc5c(c4)-c4ccccc4-c4ccccc4C54c5ccccc5-c5ccccc54)nc(-c4ccc(-c5cccc6ccccc56)cc4)n3)cc2)c1. The lowest BCUT2D eigenvalue weighted by atomic mass is 9.66. The predicted octanol–water partition coefficient (Wildman–Crippen LogP) is 15.4. The Balaban J connectivity index is 1.02. The van der Waals surface area contributed by atoms with Crippen LogP contribution in [0.15, 0.2) is 237 Å². The summed E-state index contributed by atoms with van der Waals surface area (Å²) in [5.74, 6) is 0.677. The average molecular weight is 826 g/mol. The minimum absolute atomic E-state index is 0.541. The molecule has 9 aromatic carbocycles. The lowest BCUT2D eigenvalue weighted by Gasteiger charge is -2.35. The third-order valence-corrected chi connectivity index (χ3v) is 13.7. The molecular formula is C62H39N3. The van der Waals surface area contributed by atoms with Gasteiger partial charge in [0.2, 0.25) is 0 Å². The van der Waals surface area contributed by atoms with E-state index in [1.165, 1.54) is 72.0 Å². The van der Waals surface area contributed by atoms with E-state index in [9.17, 15) is 0 Å². The maximum atomic E-state index is 5.43. The lowest BCUT2D eigenvalue weighted by molar-refractivity contribution is 0.775. The number of fused-ring (bicyclic) bond motifs is 13. The van der Waals surface area contributed by atoms with Crippen molar-refractivity contribution in [2.75, 3.05) is 0 Å². The average Bonchev–Trinajstić information content (AvgIpc) is 3.63. The molecule has 0 saturated carbocycles. The van der Waals surface area contributed by atoms with Gasteiger partial charge in [-0.2, -0.15) is 0 Å². The second kappa shape index (κ2) is 14.8. The van der Waals surface area contributed by atoms with Crippen molar-refractivity contribution >= 4 is 10.8 Å². The van der Waals surface area contributed by atoms with Crippen molar-refractivity contribution in [1.29, 1.82) is 0 Å². The molecule has 3 heteroatoms. The number of rotatable bonds is 5. The van der Waals surface area contributed by atoms with Crippen LogP contribution in [0, 0.1) is 0 Å². The molecule has 0 amide bonds. The normalized spacial score (nSPS) is 12.7. The van der Waals surface area contributed by atoms with Crippen molar-refractivity contribution in [3.63, 3.8) is 0 Å². The van der Waals surface area contributed by atoms with Gasteiger partial charge in [-0.1, -0.05) is 206 Å². The predicted molar refractivity (Wildman–Crippen MR) is 266 cm³/mol. The van der Waals surface area contributed by atoms with Crippen LogP contribution in [0.2, 0.25) is 0 Å². The standard InChI is InChI=1S/C62H39N3/c1-2-16-47-41(13-1)14-11-22-48(47)42-28-32-44(33-29-42)61-64-59(43-30-26-40(27-31-43)46-15-12-36-63-39-46)38-60(65-61)45-34-35-58-54(37-45)50-18-4-3-17-49(50)51-19-5-8-23-55(51)62(58)56-24-9-6-20-52(56)53-21-7-10-25-57(53)62/h1-39H. The fourth-order valence-electron chi connectivity index (χ4n) is 10.7. The Hall–Kier alpha value is -8.53. The van der Waals surface area contributed by atoms with Gasteiger partial charge in [-0.05, 0) is 107 Å². The van der Waals surface area contributed by atoms with Gasteiger partial charge in [0, 0.05) is 29.1 Å². The second-order valence-electron chi connectivity index (χ2n) is 17.1. The summed E-state index contributed by atoms with van der Waals surface area (Å²) in [4.78, 5) is 15.1. The summed E-state index contributed by atoms with van der Waals surface area (Å²) in [5, 5.41) is 2.46. The number of aromatic nitrogens is 3. The van der Waals surface area contributed by atoms with Gasteiger partial charge in [0.1, 0.15) is 0 Å². The zero-order valence-corrected chi connectivity index (χ0v) is 35.4. The van der Waals surface area contributed by atoms with Gasteiger partial charge < -0.3 is 0 Å².